The second-order valence-electron chi connectivity index (χ2n) is 11.3. The van der Waals surface area contributed by atoms with Gasteiger partial charge >= 0.3 is 18.2 Å². The monoisotopic (exact) mass is 579 g/mol. The zero-order valence-electron chi connectivity index (χ0n) is 23.9. The molecule has 1 fully saturated rings. The fourth-order valence-electron chi connectivity index (χ4n) is 4.43. The number of alkyl halides is 3. The molecule has 3 N–H and O–H groups in total. The largest absolute Gasteiger partial charge is 0.471 e. The van der Waals surface area contributed by atoms with Crippen molar-refractivity contribution in [2.75, 3.05) is 44.7 Å². The van der Waals surface area contributed by atoms with Gasteiger partial charge in [0.25, 0.3) is 0 Å². The first-order valence-electron chi connectivity index (χ1n) is 13.6. The summed E-state index contributed by atoms with van der Waals surface area (Å²) >= 11 is 0. The van der Waals surface area contributed by atoms with Crippen molar-refractivity contribution in [2.24, 2.45) is 0 Å². The third kappa shape index (κ3) is 10.9. The van der Waals surface area contributed by atoms with E-state index in [2.05, 4.69) is 22.3 Å². The van der Waals surface area contributed by atoms with Crippen LogP contribution in [0.15, 0.2) is 54.6 Å². The summed E-state index contributed by atoms with van der Waals surface area (Å²) in [6.45, 7) is 8.67. The number of likely N-dealkylation sites (N-methyl/N-ethyl adjacent to an activating group) is 1. The summed E-state index contributed by atoms with van der Waals surface area (Å²) in [6.07, 6.45) is -7.42. The lowest BCUT2D eigenvalue weighted by Gasteiger charge is -2.34. The molecule has 1 aliphatic heterocycles. The van der Waals surface area contributed by atoms with E-state index in [1.807, 2.05) is 29.6 Å². The normalized spacial score (nSPS) is 16.3. The van der Waals surface area contributed by atoms with Crippen LogP contribution in [-0.2, 0) is 22.5 Å². The summed E-state index contributed by atoms with van der Waals surface area (Å²) in [5.41, 5.74) is 4.29. The van der Waals surface area contributed by atoms with Crippen molar-refractivity contribution in [1.29, 1.82) is 0 Å². The Labute approximate surface area is 239 Å². The maximum absolute atomic E-state index is 13.1. The third-order valence-electron chi connectivity index (χ3n) is 6.57. The minimum absolute atomic E-state index is 0.0518. The maximum atomic E-state index is 13.1. The van der Waals surface area contributed by atoms with Gasteiger partial charge < -0.3 is 25.0 Å². The lowest BCUT2D eigenvalue weighted by atomic mass is 10.0. The number of piperazine rings is 1. The first-order valence-corrected chi connectivity index (χ1v) is 13.6. The van der Waals surface area contributed by atoms with Crippen LogP contribution in [0.4, 0.5) is 23.7 Å². The van der Waals surface area contributed by atoms with Crippen LogP contribution in [-0.4, -0.2) is 90.7 Å². The van der Waals surface area contributed by atoms with Gasteiger partial charge in [0.1, 0.15) is 5.60 Å². The lowest BCUT2D eigenvalue weighted by molar-refractivity contribution is -0.175. The summed E-state index contributed by atoms with van der Waals surface area (Å²) in [5.74, 6) is -2.15. The summed E-state index contributed by atoms with van der Waals surface area (Å²) in [4.78, 5) is 29.0. The van der Waals surface area contributed by atoms with Crippen LogP contribution in [0.3, 0.4) is 0 Å². The highest BCUT2D eigenvalue weighted by atomic mass is 19.4. The average molecular weight is 580 g/mol. The molecule has 2 aromatic rings. The van der Waals surface area contributed by atoms with Crippen molar-refractivity contribution in [3.63, 3.8) is 0 Å². The molecular formula is C29H40F3N5O4. The first-order chi connectivity index (χ1) is 19.2. The quantitative estimate of drug-likeness (QED) is 0.372. The Bertz CT molecular complexity index is 1120. The number of benzene rings is 2. The van der Waals surface area contributed by atoms with Crippen molar-refractivity contribution < 1.29 is 32.6 Å². The topological polar surface area (TPSA) is 97.4 Å². The number of ether oxygens (including phenoxy) is 1. The standard InChI is InChI=1S/C29H40F3N5O4/c1-28(2,3)41-27(40)34-37(19-22-10-12-23(13-11-22)36-16-14-35(4)15-17-36)20-25(38)24(33-26(39)29(30,31)32)18-21-8-6-5-7-9-21/h5-13,24-25,38H,14-20H2,1-4H3,(H,33,39)(H,34,40). The van der Waals surface area contributed by atoms with E-state index < -0.39 is 35.9 Å². The van der Waals surface area contributed by atoms with E-state index in [9.17, 15) is 27.9 Å². The van der Waals surface area contributed by atoms with Crippen LogP contribution >= 0.6 is 0 Å². The number of aliphatic hydroxyl groups is 1. The third-order valence-corrected chi connectivity index (χ3v) is 6.57. The van der Waals surface area contributed by atoms with Crippen LogP contribution in [0.5, 0.6) is 0 Å². The predicted octanol–water partition coefficient (Wildman–Crippen LogP) is 3.33. The molecule has 0 bridgehead atoms. The lowest BCUT2D eigenvalue weighted by Crippen LogP contribution is -2.55. The van der Waals surface area contributed by atoms with Gasteiger partial charge in [-0.25, -0.2) is 9.80 Å². The molecular weight excluding hydrogens is 539 g/mol. The Morgan fingerprint density at radius 1 is 0.976 bits per heavy atom. The minimum Gasteiger partial charge on any atom is -0.443 e. The summed E-state index contributed by atoms with van der Waals surface area (Å²) < 4.78 is 44.6. The number of amides is 2. The molecule has 2 atom stereocenters. The van der Waals surface area contributed by atoms with E-state index in [-0.39, 0.29) is 19.5 Å². The molecule has 0 radical (unpaired) electrons. The summed E-state index contributed by atoms with van der Waals surface area (Å²) in [6, 6.07) is 15.0. The molecule has 2 unspecified atom stereocenters. The van der Waals surface area contributed by atoms with E-state index in [0.29, 0.717) is 5.56 Å². The van der Waals surface area contributed by atoms with Gasteiger partial charge in [-0.2, -0.15) is 13.2 Å². The Morgan fingerprint density at radius 2 is 1.59 bits per heavy atom. The molecule has 2 amide bonds. The maximum Gasteiger partial charge on any atom is 0.471 e. The van der Waals surface area contributed by atoms with Gasteiger partial charge in [-0.3, -0.25) is 10.2 Å². The number of carbonyl (C=O) groups excluding carboxylic acids is 2. The molecule has 2 aromatic carbocycles. The molecule has 9 nitrogen and oxygen atoms in total. The van der Waals surface area contributed by atoms with E-state index in [1.54, 1.807) is 51.1 Å². The van der Waals surface area contributed by atoms with E-state index in [1.165, 1.54) is 5.01 Å². The van der Waals surface area contributed by atoms with Crippen molar-refractivity contribution in [1.82, 2.24) is 20.7 Å². The van der Waals surface area contributed by atoms with Crippen LogP contribution < -0.4 is 15.6 Å². The Hall–Kier alpha value is -3.35. The van der Waals surface area contributed by atoms with Gasteiger partial charge in [-0.15, -0.1) is 0 Å². The van der Waals surface area contributed by atoms with Crippen LogP contribution in [0.1, 0.15) is 31.9 Å². The number of hydrogen-bond donors (Lipinski definition) is 3. The first kappa shape index (κ1) is 32.2. The van der Waals surface area contributed by atoms with Crippen molar-refractivity contribution in [3.8, 4) is 0 Å². The van der Waals surface area contributed by atoms with E-state index in [4.69, 9.17) is 4.74 Å². The second kappa shape index (κ2) is 14.0. The van der Waals surface area contributed by atoms with Crippen LogP contribution in [0.2, 0.25) is 0 Å². The summed E-state index contributed by atoms with van der Waals surface area (Å²) in [7, 11) is 2.08. The van der Waals surface area contributed by atoms with Gasteiger partial charge in [0.15, 0.2) is 0 Å². The second-order valence-corrected chi connectivity index (χ2v) is 11.3. The number of carbonyl (C=O) groups is 2. The SMILES string of the molecule is CN1CCN(c2ccc(CN(CC(O)C(Cc3ccccc3)NC(=O)C(F)(F)F)NC(=O)OC(C)(C)C)cc2)CC1. The Balaban J connectivity index is 1.77. The molecule has 0 aliphatic carbocycles. The van der Waals surface area contributed by atoms with Gasteiger partial charge in [-0.05, 0) is 57.5 Å². The number of nitrogens with zero attached hydrogens (tertiary/aromatic N) is 3. The molecule has 41 heavy (non-hydrogen) atoms. The zero-order chi connectivity index (χ0) is 30.2. The smallest absolute Gasteiger partial charge is 0.443 e. The highest BCUT2D eigenvalue weighted by Crippen LogP contribution is 2.19. The fourth-order valence-corrected chi connectivity index (χ4v) is 4.43. The number of rotatable bonds is 10. The van der Waals surface area contributed by atoms with E-state index in [0.717, 1.165) is 37.4 Å². The molecule has 3 rings (SSSR count). The molecule has 1 saturated heterocycles. The number of aliphatic hydroxyl groups excluding tert-OH is 1. The zero-order valence-corrected chi connectivity index (χ0v) is 23.9. The van der Waals surface area contributed by atoms with Crippen LogP contribution in [0.25, 0.3) is 0 Å². The minimum atomic E-state index is -5.12. The fraction of sp³-hybridized carbons (Fsp3) is 0.517. The highest BCUT2D eigenvalue weighted by molar-refractivity contribution is 5.82. The van der Waals surface area contributed by atoms with Crippen molar-refractivity contribution >= 4 is 17.7 Å². The van der Waals surface area contributed by atoms with Crippen molar-refractivity contribution in [2.45, 2.75) is 57.7 Å². The predicted molar refractivity (Wildman–Crippen MR) is 150 cm³/mol. The van der Waals surface area contributed by atoms with Gasteiger partial charge in [-0.1, -0.05) is 42.5 Å². The molecule has 12 heteroatoms. The number of halogens is 3. The van der Waals surface area contributed by atoms with Gasteiger partial charge in [0, 0.05) is 45.0 Å². The molecule has 0 aromatic heterocycles. The van der Waals surface area contributed by atoms with Gasteiger partial charge in [0.2, 0.25) is 0 Å². The van der Waals surface area contributed by atoms with Crippen LogP contribution in [0, 0.1) is 0 Å². The van der Waals surface area contributed by atoms with E-state index >= 15 is 0 Å². The average Bonchev–Trinajstić information content (AvgIpc) is 2.88. The molecule has 1 aliphatic rings. The summed E-state index contributed by atoms with van der Waals surface area (Å²) in [5, 5.41) is 14.4. The van der Waals surface area contributed by atoms with Gasteiger partial charge in [0.05, 0.1) is 12.1 Å². The Kier molecular flexibility index (Phi) is 11.0. The highest BCUT2D eigenvalue weighted by Gasteiger charge is 2.41. The molecule has 226 valence electrons. The molecule has 1 heterocycles. The Morgan fingerprint density at radius 3 is 2.15 bits per heavy atom. The van der Waals surface area contributed by atoms with Crippen molar-refractivity contribution in [3.05, 3.63) is 65.7 Å². The number of nitrogens with one attached hydrogen (secondary N) is 2. The number of hydrogen-bond acceptors (Lipinski definition) is 7. The molecule has 0 saturated carbocycles. The number of anilines is 1. The molecule has 0 spiro atoms. The number of hydrazine groups is 1.